The lowest BCUT2D eigenvalue weighted by atomic mass is 10.2. The molecule has 1 fully saturated rings. The van der Waals surface area contributed by atoms with Crippen LogP contribution in [0.3, 0.4) is 0 Å². The molecule has 0 bridgehead atoms. The van der Waals surface area contributed by atoms with Crippen molar-refractivity contribution in [3.8, 4) is 0 Å². The number of nitrogens with zero attached hydrogens (tertiary/aromatic N) is 5. The molecule has 0 atom stereocenters. The summed E-state index contributed by atoms with van der Waals surface area (Å²) in [4.78, 5) is 20.1. The Labute approximate surface area is 160 Å². The molecule has 1 amide bonds. The van der Waals surface area contributed by atoms with Crippen LogP contribution in [0.2, 0.25) is 0 Å². The molecule has 9 heteroatoms. The van der Waals surface area contributed by atoms with E-state index in [0.29, 0.717) is 45.2 Å². The monoisotopic (exact) mass is 450 g/mol. The molecule has 2 heterocycles. The Hall–Kier alpha value is -1.52. The number of aromatic nitrogens is 2. The van der Waals surface area contributed by atoms with Gasteiger partial charge in [0.05, 0.1) is 13.1 Å². The number of carbonyl (C=O) groups excluding carboxylic acids is 1. The van der Waals surface area contributed by atoms with Gasteiger partial charge in [-0.1, -0.05) is 0 Å². The van der Waals surface area contributed by atoms with Crippen LogP contribution in [-0.4, -0.2) is 70.0 Å². The molecule has 1 aromatic heterocycles. The van der Waals surface area contributed by atoms with E-state index in [2.05, 4.69) is 10.1 Å². The maximum Gasteiger partial charge on any atom is 0.410 e. The predicted octanol–water partition coefficient (Wildman–Crippen LogP) is 1.37. The van der Waals surface area contributed by atoms with Crippen LogP contribution >= 0.6 is 24.0 Å². The van der Waals surface area contributed by atoms with Crippen molar-refractivity contribution in [2.75, 3.05) is 32.7 Å². The van der Waals surface area contributed by atoms with Gasteiger partial charge in [-0.25, -0.2) is 4.79 Å². The maximum atomic E-state index is 12.0. The summed E-state index contributed by atoms with van der Waals surface area (Å²) in [5, 5.41) is 4.12. The number of guanidine groups is 1. The first kappa shape index (κ1) is 20.5. The highest BCUT2D eigenvalue weighted by atomic mass is 127. The SMILES string of the molecule is CC(C)(C)OC(=O)N1CCN(C(N)=NCCn2cccn2)CC1.I. The molecule has 1 aliphatic heterocycles. The van der Waals surface area contributed by atoms with Crippen LogP contribution in [0.5, 0.6) is 0 Å². The molecule has 0 unspecified atom stereocenters. The average Bonchev–Trinajstić information content (AvgIpc) is 2.99. The number of halogens is 1. The van der Waals surface area contributed by atoms with E-state index >= 15 is 0 Å². The van der Waals surface area contributed by atoms with Crippen molar-refractivity contribution < 1.29 is 9.53 Å². The summed E-state index contributed by atoms with van der Waals surface area (Å²) >= 11 is 0. The summed E-state index contributed by atoms with van der Waals surface area (Å²) in [5.74, 6) is 0.515. The highest BCUT2D eigenvalue weighted by molar-refractivity contribution is 14.0. The molecule has 136 valence electrons. The van der Waals surface area contributed by atoms with Crippen LogP contribution in [0, 0.1) is 0 Å². The van der Waals surface area contributed by atoms with Crippen LogP contribution in [-0.2, 0) is 11.3 Å². The summed E-state index contributed by atoms with van der Waals surface area (Å²) in [6.45, 7) is 9.38. The Morgan fingerprint density at radius 2 is 1.88 bits per heavy atom. The van der Waals surface area contributed by atoms with Crippen LogP contribution in [0.15, 0.2) is 23.5 Å². The molecule has 0 aliphatic carbocycles. The fourth-order valence-corrected chi connectivity index (χ4v) is 2.24. The predicted molar refractivity (Wildman–Crippen MR) is 104 cm³/mol. The fraction of sp³-hybridized carbons (Fsp3) is 0.667. The Balaban J connectivity index is 0.00000288. The molecule has 24 heavy (non-hydrogen) atoms. The largest absolute Gasteiger partial charge is 0.444 e. The number of aliphatic imine (C=N–C) groups is 1. The van der Waals surface area contributed by atoms with Crippen LogP contribution < -0.4 is 5.73 Å². The van der Waals surface area contributed by atoms with Gasteiger partial charge in [-0.15, -0.1) is 24.0 Å². The first-order valence-electron chi connectivity index (χ1n) is 7.85. The van der Waals surface area contributed by atoms with Gasteiger partial charge in [-0.3, -0.25) is 9.67 Å². The molecule has 1 aromatic rings. The molecule has 0 saturated carbocycles. The summed E-state index contributed by atoms with van der Waals surface area (Å²) in [5.41, 5.74) is 5.55. The quantitative estimate of drug-likeness (QED) is 0.427. The van der Waals surface area contributed by atoms with Gasteiger partial charge in [-0.05, 0) is 26.8 Å². The summed E-state index contributed by atoms with van der Waals surface area (Å²) in [7, 11) is 0. The smallest absolute Gasteiger partial charge is 0.410 e. The molecule has 0 radical (unpaired) electrons. The lowest BCUT2D eigenvalue weighted by Crippen LogP contribution is -2.53. The van der Waals surface area contributed by atoms with Crippen LogP contribution in [0.1, 0.15) is 20.8 Å². The zero-order valence-corrected chi connectivity index (χ0v) is 16.8. The second kappa shape index (κ2) is 9.09. The molecular formula is C15H27IN6O2. The maximum absolute atomic E-state index is 12.0. The van der Waals surface area contributed by atoms with E-state index in [0.717, 1.165) is 0 Å². The lowest BCUT2D eigenvalue weighted by molar-refractivity contribution is 0.0186. The molecule has 8 nitrogen and oxygen atoms in total. The van der Waals surface area contributed by atoms with E-state index in [1.54, 1.807) is 11.1 Å². The Morgan fingerprint density at radius 3 is 2.42 bits per heavy atom. The second-order valence-corrected chi connectivity index (χ2v) is 6.46. The van der Waals surface area contributed by atoms with Crippen molar-refractivity contribution in [2.45, 2.75) is 32.9 Å². The van der Waals surface area contributed by atoms with E-state index in [9.17, 15) is 4.79 Å². The molecule has 0 spiro atoms. The lowest BCUT2D eigenvalue weighted by Gasteiger charge is -2.36. The summed E-state index contributed by atoms with van der Waals surface area (Å²) < 4.78 is 7.19. The van der Waals surface area contributed by atoms with Gasteiger partial charge in [0, 0.05) is 38.6 Å². The number of nitrogens with two attached hydrogens (primary N) is 1. The first-order valence-corrected chi connectivity index (χ1v) is 7.85. The van der Waals surface area contributed by atoms with Gasteiger partial charge < -0.3 is 20.3 Å². The van der Waals surface area contributed by atoms with Crippen molar-refractivity contribution >= 4 is 36.0 Å². The number of amides is 1. The van der Waals surface area contributed by atoms with Gasteiger partial charge in [-0.2, -0.15) is 5.10 Å². The van der Waals surface area contributed by atoms with Crippen molar-refractivity contribution in [1.82, 2.24) is 19.6 Å². The van der Waals surface area contributed by atoms with Crippen LogP contribution in [0.4, 0.5) is 4.79 Å². The van der Waals surface area contributed by atoms with E-state index in [-0.39, 0.29) is 30.1 Å². The number of hydrogen-bond donors (Lipinski definition) is 1. The van der Waals surface area contributed by atoms with E-state index in [4.69, 9.17) is 10.5 Å². The van der Waals surface area contributed by atoms with E-state index < -0.39 is 5.60 Å². The molecule has 1 saturated heterocycles. The summed E-state index contributed by atoms with van der Waals surface area (Å²) in [6.07, 6.45) is 3.36. The fourth-order valence-electron chi connectivity index (χ4n) is 2.24. The van der Waals surface area contributed by atoms with Crippen molar-refractivity contribution in [2.24, 2.45) is 10.7 Å². The van der Waals surface area contributed by atoms with Crippen molar-refractivity contribution in [3.63, 3.8) is 0 Å². The number of ether oxygens (including phenoxy) is 1. The molecule has 2 rings (SSSR count). The standard InChI is InChI=1S/C15H26N6O2.HI/c1-15(2,3)23-14(22)20-11-9-19(10-12-20)13(16)17-6-8-21-7-4-5-18-21;/h4-5,7H,6,8-12H2,1-3H3,(H2,16,17);1H. The Kier molecular flexibility index (Phi) is 7.77. The molecule has 1 aliphatic rings. The number of rotatable bonds is 3. The van der Waals surface area contributed by atoms with Gasteiger partial charge >= 0.3 is 6.09 Å². The van der Waals surface area contributed by atoms with Crippen molar-refractivity contribution in [1.29, 1.82) is 0 Å². The summed E-state index contributed by atoms with van der Waals surface area (Å²) in [6, 6.07) is 1.88. The number of piperazine rings is 1. The Morgan fingerprint density at radius 1 is 1.25 bits per heavy atom. The zero-order chi connectivity index (χ0) is 16.9. The zero-order valence-electron chi connectivity index (χ0n) is 14.5. The molecule has 0 aromatic carbocycles. The minimum Gasteiger partial charge on any atom is -0.444 e. The normalized spacial score (nSPS) is 15.9. The number of hydrogen-bond acceptors (Lipinski definition) is 4. The first-order chi connectivity index (χ1) is 10.8. The minimum atomic E-state index is -0.471. The second-order valence-electron chi connectivity index (χ2n) is 6.46. The highest BCUT2D eigenvalue weighted by Crippen LogP contribution is 2.11. The average molecular weight is 450 g/mol. The molecule has 2 N–H and O–H groups in total. The minimum absolute atomic E-state index is 0. The van der Waals surface area contributed by atoms with E-state index in [1.165, 1.54) is 0 Å². The topological polar surface area (TPSA) is 89.0 Å². The molecular weight excluding hydrogens is 423 g/mol. The number of carbonyl (C=O) groups is 1. The van der Waals surface area contributed by atoms with Crippen molar-refractivity contribution in [3.05, 3.63) is 18.5 Å². The van der Waals surface area contributed by atoms with Gasteiger partial charge in [0.15, 0.2) is 5.96 Å². The Bertz CT molecular complexity index is 533. The van der Waals surface area contributed by atoms with Crippen LogP contribution in [0.25, 0.3) is 0 Å². The third-order valence-electron chi connectivity index (χ3n) is 3.42. The van der Waals surface area contributed by atoms with E-state index in [1.807, 2.05) is 42.6 Å². The van der Waals surface area contributed by atoms with Gasteiger partial charge in [0.1, 0.15) is 5.60 Å². The van der Waals surface area contributed by atoms with Gasteiger partial charge in [0.2, 0.25) is 0 Å². The van der Waals surface area contributed by atoms with Gasteiger partial charge in [0.25, 0.3) is 0 Å². The highest BCUT2D eigenvalue weighted by Gasteiger charge is 2.26. The third kappa shape index (κ3) is 6.54. The third-order valence-corrected chi connectivity index (χ3v) is 3.42.